The highest BCUT2D eigenvalue weighted by Crippen LogP contribution is 2.34. The zero-order valence-corrected chi connectivity index (χ0v) is 22.4. The Labute approximate surface area is 208 Å². The fraction of sp³-hybridized carbons (Fsp3) is 0.615. The lowest BCUT2D eigenvalue weighted by molar-refractivity contribution is 0.0950. The number of H-pyrrole nitrogens is 1. The van der Waals surface area contributed by atoms with Crippen LogP contribution in [0.15, 0.2) is 16.9 Å². The van der Waals surface area contributed by atoms with E-state index in [0.29, 0.717) is 28.2 Å². The average Bonchev–Trinajstić information content (AvgIpc) is 3.08. The van der Waals surface area contributed by atoms with E-state index >= 15 is 0 Å². The molecular formula is C26H40ClN5O2. The summed E-state index contributed by atoms with van der Waals surface area (Å²) in [6.45, 7) is 10.9. The number of benzene rings is 1. The Morgan fingerprint density at radius 3 is 2.32 bits per heavy atom. The molecule has 7 nitrogen and oxygen atoms in total. The van der Waals surface area contributed by atoms with Gasteiger partial charge in [0, 0.05) is 46.6 Å². The molecule has 0 atom stereocenters. The van der Waals surface area contributed by atoms with Crippen LogP contribution in [-0.2, 0) is 6.54 Å². The first-order chi connectivity index (χ1) is 16.0. The van der Waals surface area contributed by atoms with E-state index in [-0.39, 0.29) is 24.1 Å². The molecule has 1 saturated carbocycles. The summed E-state index contributed by atoms with van der Waals surface area (Å²) >= 11 is 6.50. The minimum atomic E-state index is -0.218. The average molecular weight is 490 g/mol. The Morgan fingerprint density at radius 2 is 1.79 bits per heavy atom. The van der Waals surface area contributed by atoms with Gasteiger partial charge in [-0.25, -0.2) is 0 Å². The molecule has 0 radical (unpaired) electrons. The molecule has 0 spiro atoms. The summed E-state index contributed by atoms with van der Waals surface area (Å²) in [4.78, 5) is 30.6. The second-order valence-electron chi connectivity index (χ2n) is 9.98. The third-order valence-corrected chi connectivity index (χ3v) is 7.46. The monoisotopic (exact) mass is 489 g/mol. The van der Waals surface area contributed by atoms with Crippen LogP contribution in [-0.4, -0.2) is 53.3 Å². The fourth-order valence-electron chi connectivity index (χ4n) is 5.15. The highest BCUT2D eigenvalue weighted by molar-refractivity contribution is 6.31. The second kappa shape index (κ2) is 11.0. The minimum Gasteiger partial charge on any atom is -0.369 e. The Bertz CT molecular complexity index is 1060. The zero-order chi connectivity index (χ0) is 25.2. The van der Waals surface area contributed by atoms with E-state index in [1.165, 1.54) is 12.8 Å². The molecule has 188 valence electrons. The Hall–Kier alpha value is -2.25. The van der Waals surface area contributed by atoms with Crippen molar-refractivity contribution in [3.63, 3.8) is 0 Å². The predicted octanol–water partition coefficient (Wildman–Crippen LogP) is 4.66. The second-order valence-corrected chi connectivity index (χ2v) is 10.4. The van der Waals surface area contributed by atoms with Crippen molar-refractivity contribution in [1.29, 1.82) is 0 Å². The standard InChI is InChI=1S/C26H40ClN5O2/c1-8-31(21-11-9-20(10-12-21)30(6)7)24-14-19(27)13-22(17(24)4)25(33)28-15-23-18(5)29-32(16(2)3)26(23)34/h13-14,16,20-21,29H,8-12,15H2,1-7H3,(H,28,33). The maximum atomic E-state index is 13.2. The third kappa shape index (κ3) is 5.52. The summed E-state index contributed by atoms with van der Waals surface area (Å²) in [5.41, 5.74) is 3.75. The molecule has 1 amide bonds. The van der Waals surface area contributed by atoms with Crippen molar-refractivity contribution in [2.45, 2.75) is 85.0 Å². The molecule has 8 heteroatoms. The van der Waals surface area contributed by atoms with Crippen LogP contribution in [0.5, 0.6) is 0 Å². The van der Waals surface area contributed by atoms with Crippen molar-refractivity contribution in [2.75, 3.05) is 25.5 Å². The molecule has 1 aliphatic rings. The highest BCUT2D eigenvalue weighted by atomic mass is 35.5. The van der Waals surface area contributed by atoms with Crippen molar-refractivity contribution in [3.8, 4) is 0 Å². The van der Waals surface area contributed by atoms with Gasteiger partial charge in [0.05, 0.1) is 12.1 Å². The van der Waals surface area contributed by atoms with Gasteiger partial charge in [-0.3, -0.25) is 19.4 Å². The summed E-state index contributed by atoms with van der Waals surface area (Å²) in [5.74, 6) is -0.218. The van der Waals surface area contributed by atoms with Crippen molar-refractivity contribution >= 4 is 23.2 Å². The first-order valence-electron chi connectivity index (χ1n) is 12.4. The fourth-order valence-corrected chi connectivity index (χ4v) is 5.36. The SMILES string of the molecule is CCN(c1cc(Cl)cc(C(=O)NCc2c(C)[nH]n(C(C)C)c2=O)c1C)C1CCC(N(C)C)CC1. The van der Waals surface area contributed by atoms with Gasteiger partial charge in [-0.15, -0.1) is 0 Å². The number of aryl methyl sites for hydroxylation is 1. The lowest BCUT2D eigenvalue weighted by Gasteiger charge is -2.40. The highest BCUT2D eigenvalue weighted by Gasteiger charge is 2.28. The number of anilines is 1. The zero-order valence-electron chi connectivity index (χ0n) is 21.7. The number of amides is 1. The quantitative estimate of drug-likeness (QED) is 0.565. The van der Waals surface area contributed by atoms with Crippen LogP contribution in [0.3, 0.4) is 0 Å². The van der Waals surface area contributed by atoms with Crippen molar-refractivity contribution in [1.82, 2.24) is 20.0 Å². The molecule has 1 heterocycles. The van der Waals surface area contributed by atoms with Crippen LogP contribution in [0.1, 0.15) is 79.7 Å². The molecule has 0 bridgehead atoms. The lowest BCUT2D eigenvalue weighted by Crippen LogP contribution is -2.42. The number of rotatable bonds is 8. The largest absolute Gasteiger partial charge is 0.369 e. The molecule has 2 aromatic rings. The number of nitrogens with one attached hydrogen (secondary N) is 2. The molecule has 1 fully saturated rings. The number of aromatic nitrogens is 2. The van der Waals surface area contributed by atoms with Gasteiger partial charge in [-0.05, 0) is 92.1 Å². The van der Waals surface area contributed by atoms with Gasteiger partial charge < -0.3 is 15.1 Å². The molecule has 1 aromatic heterocycles. The minimum absolute atomic E-state index is 0.0289. The van der Waals surface area contributed by atoms with Crippen LogP contribution >= 0.6 is 11.6 Å². The number of aromatic amines is 1. The van der Waals surface area contributed by atoms with Crippen LogP contribution in [0.2, 0.25) is 5.02 Å². The number of hydrogen-bond donors (Lipinski definition) is 2. The number of nitrogens with zero attached hydrogens (tertiary/aromatic N) is 3. The molecule has 1 aliphatic carbocycles. The van der Waals surface area contributed by atoms with E-state index in [1.807, 2.05) is 33.8 Å². The topological polar surface area (TPSA) is 73.4 Å². The van der Waals surface area contributed by atoms with Gasteiger partial charge in [0.25, 0.3) is 11.5 Å². The van der Waals surface area contributed by atoms with Gasteiger partial charge in [0.15, 0.2) is 0 Å². The molecular weight excluding hydrogens is 450 g/mol. The van der Waals surface area contributed by atoms with E-state index in [4.69, 9.17) is 11.6 Å². The number of hydrogen-bond acceptors (Lipinski definition) is 4. The number of carbonyl (C=O) groups excluding carboxylic acids is 1. The van der Waals surface area contributed by atoms with Crippen LogP contribution in [0.4, 0.5) is 5.69 Å². The first-order valence-corrected chi connectivity index (χ1v) is 12.7. The molecule has 1 aromatic carbocycles. The van der Waals surface area contributed by atoms with Crippen molar-refractivity contribution in [3.05, 3.63) is 49.9 Å². The number of carbonyl (C=O) groups is 1. The van der Waals surface area contributed by atoms with Crippen LogP contribution in [0.25, 0.3) is 0 Å². The third-order valence-electron chi connectivity index (χ3n) is 7.24. The Balaban J connectivity index is 1.81. The summed E-state index contributed by atoms with van der Waals surface area (Å²) in [7, 11) is 4.31. The van der Waals surface area contributed by atoms with Crippen molar-refractivity contribution in [2.24, 2.45) is 0 Å². The van der Waals surface area contributed by atoms with Crippen LogP contribution in [0, 0.1) is 13.8 Å². The van der Waals surface area contributed by atoms with Gasteiger partial charge >= 0.3 is 0 Å². The number of halogens is 1. The summed E-state index contributed by atoms with van der Waals surface area (Å²) < 4.78 is 1.59. The maximum Gasteiger partial charge on any atom is 0.271 e. The normalized spacial score (nSPS) is 18.5. The van der Waals surface area contributed by atoms with Gasteiger partial charge in [-0.2, -0.15) is 0 Å². The Kier molecular flexibility index (Phi) is 8.52. The molecule has 3 rings (SSSR count). The predicted molar refractivity (Wildman–Crippen MR) is 140 cm³/mol. The van der Waals surface area contributed by atoms with E-state index in [9.17, 15) is 9.59 Å². The lowest BCUT2D eigenvalue weighted by atomic mass is 9.89. The van der Waals surface area contributed by atoms with E-state index < -0.39 is 0 Å². The summed E-state index contributed by atoms with van der Waals surface area (Å²) in [5, 5.41) is 6.59. The molecule has 34 heavy (non-hydrogen) atoms. The molecule has 2 N–H and O–H groups in total. The smallest absolute Gasteiger partial charge is 0.271 e. The van der Waals surface area contributed by atoms with Gasteiger partial charge in [0.1, 0.15) is 0 Å². The molecule has 0 saturated heterocycles. The summed E-state index contributed by atoms with van der Waals surface area (Å²) in [6.07, 6.45) is 4.59. The van der Waals surface area contributed by atoms with Crippen LogP contribution < -0.4 is 15.8 Å². The summed E-state index contributed by atoms with van der Waals surface area (Å²) in [6, 6.07) is 4.80. The van der Waals surface area contributed by atoms with Gasteiger partial charge in [-0.1, -0.05) is 11.6 Å². The molecule has 0 unspecified atom stereocenters. The molecule has 0 aliphatic heterocycles. The van der Waals surface area contributed by atoms with E-state index in [1.54, 1.807) is 10.7 Å². The van der Waals surface area contributed by atoms with Crippen molar-refractivity contribution < 1.29 is 4.79 Å². The van der Waals surface area contributed by atoms with E-state index in [2.05, 4.69) is 41.2 Å². The maximum absolute atomic E-state index is 13.2. The Morgan fingerprint density at radius 1 is 1.18 bits per heavy atom. The first kappa shape index (κ1) is 26.4. The van der Waals surface area contributed by atoms with Gasteiger partial charge in [0.2, 0.25) is 0 Å². The van der Waals surface area contributed by atoms with E-state index in [0.717, 1.165) is 36.3 Å².